The molecule has 34 heavy (non-hydrogen) atoms. The van der Waals surface area contributed by atoms with Crippen molar-refractivity contribution in [2.24, 2.45) is 0 Å². The zero-order chi connectivity index (χ0) is 26.6. The topological polar surface area (TPSA) is 334 Å². The van der Waals surface area contributed by atoms with E-state index in [1.807, 2.05) is 0 Å². The lowest BCUT2D eigenvalue weighted by molar-refractivity contribution is -0.452. The smallest absolute Gasteiger partial charge is 0.329 e. The van der Waals surface area contributed by atoms with E-state index < -0.39 is 69.5 Å². The summed E-state index contributed by atoms with van der Waals surface area (Å²) in [4.78, 5) is 0. The fourth-order valence-corrected chi connectivity index (χ4v) is 3.75. The lowest BCUT2D eigenvalue weighted by atomic mass is 9.84. The van der Waals surface area contributed by atoms with Crippen LogP contribution in [0.1, 0.15) is 5.56 Å². The summed E-state index contributed by atoms with van der Waals surface area (Å²) in [6, 6.07) is 1.80. The van der Waals surface area contributed by atoms with Gasteiger partial charge in [-0.1, -0.05) is 6.07 Å². The Morgan fingerprint density at radius 2 is 1.18 bits per heavy atom. The van der Waals surface area contributed by atoms with Gasteiger partial charge in [-0.2, -0.15) is 0 Å². The molecule has 1 saturated carbocycles. The number of hydrogen-bond acceptors (Lipinski definition) is 18. The molecule has 2 unspecified atom stereocenters. The Morgan fingerprint density at radius 3 is 1.56 bits per heavy atom. The van der Waals surface area contributed by atoms with Crippen LogP contribution in [0.4, 0.5) is 0 Å². The zero-order valence-electron chi connectivity index (χ0n) is 16.8. The van der Waals surface area contributed by atoms with Crippen molar-refractivity contribution in [3.63, 3.8) is 0 Å². The summed E-state index contributed by atoms with van der Waals surface area (Å²) in [5, 5.41) is 152. The van der Waals surface area contributed by atoms with Crippen LogP contribution in [-0.2, 0) is 5.60 Å². The Bertz CT molecular complexity index is 962. The molecule has 18 nitrogen and oxygen atoms in total. The van der Waals surface area contributed by atoms with E-state index in [1.54, 1.807) is 0 Å². The largest absolute Gasteiger partial charge is 0.493 e. The fraction of sp³-hybridized carbons (Fsp3) is 0.625. The number of methoxy groups -OCH3 is 1. The van der Waals surface area contributed by atoms with Gasteiger partial charge < -0.3 is 86.1 Å². The molecule has 2 fully saturated rings. The summed E-state index contributed by atoms with van der Waals surface area (Å²) in [6.07, 6.45) is -2.59. The predicted molar refractivity (Wildman–Crippen MR) is 94.6 cm³/mol. The third kappa shape index (κ3) is 2.67. The van der Waals surface area contributed by atoms with Crippen molar-refractivity contribution in [2.45, 2.75) is 52.5 Å². The van der Waals surface area contributed by atoms with Crippen molar-refractivity contribution in [1.29, 1.82) is 0 Å². The summed E-state index contributed by atoms with van der Waals surface area (Å²) in [6.45, 7) is 0. The van der Waals surface area contributed by atoms with E-state index in [4.69, 9.17) is 4.74 Å². The molecule has 16 N–H and O–H groups in total. The van der Waals surface area contributed by atoms with Gasteiger partial charge >= 0.3 is 5.79 Å². The molecule has 1 heterocycles. The number of aliphatic hydroxyl groups excluding tert-OH is 1. The molecule has 0 bridgehead atoms. The van der Waals surface area contributed by atoms with E-state index in [1.165, 1.54) is 5.32 Å². The van der Waals surface area contributed by atoms with E-state index in [0.29, 0.717) is 12.1 Å². The predicted octanol–water partition coefficient (Wildman–Crippen LogP) is -9.07. The minimum atomic E-state index is -4.72. The number of hydrogen-bond donors (Lipinski definition) is 16. The number of rotatable bonds is 4. The first-order valence-corrected chi connectivity index (χ1v) is 8.97. The minimum Gasteiger partial charge on any atom is -0.493 e. The summed E-state index contributed by atoms with van der Waals surface area (Å²) < 4.78 is 9.47. The Labute approximate surface area is 187 Å². The standard InChI is InChI=1S/C16H23NO17/c1-33-6-3-2-5(9(19)10(20,21)8(18)17-16(9,31)32)4-7(6)34-15(30)13(26,27)11(22,23)12(24,25)14(15,28)29/h2-4,8,17-32H,1H3. The van der Waals surface area contributed by atoms with Crippen LogP contribution in [0.3, 0.4) is 0 Å². The summed E-state index contributed by atoms with van der Waals surface area (Å²) in [5.74, 6) is -32.7. The molecule has 3 rings (SSSR count). The second kappa shape index (κ2) is 6.89. The van der Waals surface area contributed by atoms with Crippen LogP contribution >= 0.6 is 0 Å². The van der Waals surface area contributed by atoms with Crippen molar-refractivity contribution < 1.29 is 86.1 Å². The monoisotopic (exact) mass is 501 g/mol. The maximum Gasteiger partial charge on any atom is 0.329 e. The molecule has 0 radical (unpaired) electrons. The highest BCUT2D eigenvalue weighted by Gasteiger charge is 2.93. The summed E-state index contributed by atoms with van der Waals surface area (Å²) in [5.41, 5.74) is -4.65. The van der Waals surface area contributed by atoms with Crippen molar-refractivity contribution in [3.8, 4) is 11.5 Å². The van der Waals surface area contributed by atoms with Crippen molar-refractivity contribution in [1.82, 2.24) is 5.32 Å². The Kier molecular flexibility index (Phi) is 5.43. The van der Waals surface area contributed by atoms with Gasteiger partial charge in [-0.3, -0.25) is 0 Å². The summed E-state index contributed by atoms with van der Waals surface area (Å²) in [7, 11) is 0.919. The number of nitrogens with one attached hydrogen (secondary N) is 1. The van der Waals surface area contributed by atoms with Crippen LogP contribution in [0.5, 0.6) is 11.5 Å². The second-order valence-corrected chi connectivity index (χ2v) is 7.96. The lowest BCUT2D eigenvalue weighted by Gasteiger charge is -2.40. The van der Waals surface area contributed by atoms with Gasteiger partial charge in [0.05, 0.1) is 7.11 Å². The molecule has 1 aromatic carbocycles. The molecule has 1 saturated heterocycles. The molecule has 0 aromatic heterocycles. The van der Waals surface area contributed by atoms with E-state index >= 15 is 0 Å². The first kappa shape index (κ1) is 26.8. The third-order valence-corrected chi connectivity index (χ3v) is 6.00. The average Bonchev–Trinajstić information content (AvgIpc) is 2.85. The van der Waals surface area contributed by atoms with Gasteiger partial charge in [-0.15, -0.1) is 0 Å². The van der Waals surface area contributed by atoms with Gasteiger partial charge in [0.15, 0.2) is 17.7 Å². The molecule has 2 atom stereocenters. The SMILES string of the molecule is COc1ccc(C2(O)C(O)(O)NC(O)C2(O)O)cc1OC1(O)C(O)(O)C(O)(O)C(O)(O)C1(O)O. The molecule has 1 aliphatic heterocycles. The van der Waals surface area contributed by atoms with E-state index in [-0.39, 0.29) is 0 Å². The number of aliphatic hydroxyl groups is 15. The first-order valence-electron chi connectivity index (χ1n) is 8.97. The normalized spacial score (nSPS) is 33.5. The van der Waals surface area contributed by atoms with Gasteiger partial charge in [-0.05, 0) is 12.1 Å². The van der Waals surface area contributed by atoms with Crippen molar-refractivity contribution in [3.05, 3.63) is 23.8 Å². The van der Waals surface area contributed by atoms with Gasteiger partial charge in [0, 0.05) is 5.56 Å². The van der Waals surface area contributed by atoms with Crippen molar-refractivity contribution >= 4 is 0 Å². The Hall–Kier alpha value is -1.82. The second-order valence-electron chi connectivity index (χ2n) is 7.96. The average molecular weight is 501 g/mol. The third-order valence-electron chi connectivity index (χ3n) is 6.00. The van der Waals surface area contributed by atoms with E-state index in [2.05, 4.69) is 4.74 Å². The van der Waals surface area contributed by atoms with Gasteiger partial charge in [0.2, 0.25) is 11.4 Å². The first-order chi connectivity index (χ1) is 15.0. The maximum absolute atomic E-state index is 10.7. The van der Waals surface area contributed by atoms with Crippen LogP contribution in [-0.4, -0.2) is 131 Å². The molecule has 1 aliphatic carbocycles. The highest BCUT2D eigenvalue weighted by Crippen LogP contribution is 2.55. The van der Waals surface area contributed by atoms with Crippen LogP contribution in [0, 0.1) is 0 Å². The molecular weight excluding hydrogens is 478 g/mol. The van der Waals surface area contributed by atoms with E-state index in [0.717, 1.165) is 13.2 Å². The molecule has 18 heteroatoms. The number of benzene rings is 1. The molecule has 1 aromatic rings. The van der Waals surface area contributed by atoms with Crippen LogP contribution < -0.4 is 14.8 Å². The fourth-order valence-electron chi connectivity index (χ4n) is 3.75. The van der Waals surface area contributed by atoms with Crippen LogP contribution in [0.25, 0.3) is 0 Å². The Balaban J connectivity index is 2.23. The van der Waals surface area contributed by atoms with E-state index in [9.17, 15) is 76.6 Å². The highest BCUT2D eigenvalue weighted by atomic mass is 16.8. The number of ether oxygens (including phenoxy) is 2. The zero-order valence-corrected chi connectivity index (χ0v) is 16.8. The van der Waals surface area contributed by atoms with Gasteiger partial charge in [0.1, 0.15) is 0 Å². The van der Waals surface area contributed by atoms with Gasteiger partial charge in [-0.25, -0.2) is 5.32 Å². The molecule has 0 amide bonds. The lowest BCUT2D eigenvalue weighted by Crippen LogP contribution is -2.70. The highest BCUT2D eigenvalue weighted by molar-refractivity contribution is 5.47. The van der Waals surface area contributed by atoms with Crippen LogP contribution in [0.2, 0.25) is 0 Å². The van der Waals surface area contributed by atoms with Gasteiger partial charge in [0.25, 0.3) is 29.1 Å². The molecule has 194 valence electrons. The van der Waals surface area contributed by atoms with Crippen LogP contribution in [0.15, 0.2) is 18.2 Å². The minimum absolute atomic E-state index is 0.343. The Morgan fingerprint density at radius 1 is 0.706 bits per heavy atom. The van der Waals surface area contributed by atoms with Crippen molar-refractivity contribution in [2.75, 3.05) is 7.11 Å². The molecule has 0 spiro atoms. The maximum atomic E-state index is 10.7. The quantitative estimate of drug-likeness (QED) is 0.170. The molecule has 2 aliphatic rings. The molecular formula is C16H23NO17. The summed E-state index contributed by atoms with van der Waals surface area (Å²) >= 11 is 0.